The van der Waals surface area contributed by atoms with Crippen LogP contribution in [0, 0.1) is 0 Å². The Morgan fingerprint density at radius 1 is 1.26 bits per heavy atom. The molecule has 0 fully saturated rings. The van der Waals surface area contributed by atoms with Gasteiger partial charge in [-0.25, -0.2) is 4.79 Å². The maximum atomic E-state index is 10.9. The van der Waals surface area contributed by atoms with Gasteiger partial charge in [-0.2, -0.15) is 5.10 Å². The number of amides is 1. The van der Waals surface area contributed by atoms with Gasteiger partial charge in [-0.05, 0) is 18.2 Å². The molecule has 1 heterocycles. The standard InChI is InChI=1S/C13H13N3O3/c1-8(17)14-10-5-3-9(4-6-10)11-7-12(13(18)19)16(2)15-11/h3-7H,1-2H3,(H,14,17)(H,18,19). The van der Waals surface area contributed by atoms with Gasteiger partial charge < -0.3 is 10.4 Å². The fourth-order valence-electron chi connectivity index (χ4n) is 1.74. The number of nitrogens with zero attached hydrogens (tertiary/aromatic N) is 2. The average molecular weight is 259 g/mol. The molecule has 0 aliphatic rings. The summed E-state index contributed by atoms with van der Waals surface area (Å²) in [6.45, 7) is 1.44. The van der Waals surface area contributed by atoms with Crippen molar-refractivity contribution in [1.29, 1.82) is 0 Å². The number of carboxylic acids is 1. The number of hydrogen-bond acceptors (Lipinski definition) is 3. The molecular weight excluding hydrogens is 246 g/mol. The minimum atomic E-state index is -1.02. The van der Waals surface area contributed by atoms with Crippen molar-refractivity contribution in [3.8, 4) is 11.3 Å². The first-order chi connectivity index (χ1) is 8.97. The van der Waals surface area contributed by atoms with Crippen LogP contribution in [0.15, 0.2) is 30.3 Å². The van der Waals surface area contributed by atoms with Crippen LogP contribution in [0.25, 0.3) is 11.3 Å². The van der Waals surface area contributed by atoms with Crippen LogP contribution in [-0.4, -0.2) is 26.8 Å². The Labute approximate surface area is 109 Å². The molecule has 0 aliphatic heterocycles. The van der Waals surface area contributed by atoms with E-state index in [4.69, 9.17) is 5.11 Å². The van der Waals surface area contributed by atoms with Gasteiger partial charge in [0.15, 0.2) is 0 Å². The van der Waals surface area contributed by atoms with E-state index >= 15 is 0 Å². The molecule has 2 N–H and O–H groups in total. The number of carboxylic acid groups (broad SMARTS) is 1. The van der Waals surface area contributed by atoms with Crippen molar-refractivity contribution in [2.45, 2.75) is 6.92 Å². The van der Waals surface area contributed by atoms with Crippen molar-refractivity contribution < 1.29 is 14.7 Å². The van der Waals surface area contributed by atoms with E-state index in [9.17, 15) is 9.59 Å². The zero-order valence-electron chi connectivity index (χ0n) is 10.5. The monoisotopic (exact) mass is 259 g/mol. The summed E-state index contributed by atoms with van der Waals surface area (Å²) in [6, 6.07) is 8.55. The Morgan fingerprint density at radius 2 is 1.89 bits per heavy atom. The molecule has 2 rings (SSSR count). The maximum Gasteiger partial charge on any atom is 0.354 e. The number of carbonyl (C=O) groups is 2. The first kappa shape index (κ1) is 12.8. The molecule has 0 atom stereocenters. The van der Waals surface area contributed by atoms with E-state index in [1.165, 1.54) is 17.7 Å². The van der Waals surface area contributed by atoms with E-state index < -0.39 is 5.97 Å². The van der Waals surface area contributed by atoms with E-state index in [0.717, 1.165) is 5.56 Å². The summed E-state index contributed by atoms with van der Waals surface area (Å²) in [6.07, 6.45) is 0. The summed E-state index contributed by atoms with van der Waals surface area (Å²) in [4.78, 5) is 21.8. The molecule has 1 aromatic carbocycles. The Kier molecular flexibility index (Phi) is 3.33. The van der Waals surface area contributed by atoms with E-state index in [0.29, 0.717) is 11.4 Å². The molecule has 19 heavy (non-hydrogen) atoms. The number of nitrogens with one attached hydrogen (secondary N) is 1. The molecule has 0 radical (unpaired) electrons. The summed E-state index contributed by atoms with van der Waals surface area (Å²) in [5, 5.41) is 15.8. The minimum Gasteiger partial charge on any atom is -0.477 e. The fraction of sp³-hybridized carbons (Fsp3) is 0.154. The van der Waals surface area contributed by atoms with Crippen LogP contribution in [0.5, 0.6) is 0 Å². The smallest absolute Gasteiger partial charge is 0.354 e. The summed E-state index contributed by atoms with van der Waals surface area (Å²) >= 11 is 0. The van der Waals surface area contributed by atoms with Crippen LogP contribution >= 0.6 is 0 Å². The molecule has 0 saturated heterocycles. The molecule has 6 heteroatoms. The largest absolute Gasteiger partial charge is 0.477 e. The van der Waals surface area contributed by atoms with Crippen molar-refractivity contribution in [3.63, 3.8) is 0 Å². The van der Waals surface area contributed by atoms with Gasteiger partial charge in [0.2, 0.25) is 5.91 Å². The number of rotatable bonds is 3. The van der Waals surface area contributed by atoms with Gasteiger partial charge in [0.25, 0.3) is 0 Å². The third kappa shape index (κ3) is 2.79. The molecule has 1 aromatic heterocycles. The average Bonchev–Trinajstić information content (AvgIpc) is 2.71. The van der Waals surface area contributed by atoms with Crippen LogP contribution in [0.3, 0.4) is 0 Å². The zero-order chi connectivity index (χ0) is 14.0. The molecule has 0 aliphatic carbocycles. The summed E-state index contributed by atoms with van der Waals surface area (Å²) in [5.41, 5.74) is 2.18. The molecule has 1 amide bonds. The number of hydrogen-bond donors (Lipinski definition) is 2. The van der Waals surface area contributed by atoms with E-state index in [2.05, 4.69) is 10.4 Å². The molecule has 2 aromatic rings. The quantitative estimate of drug-likeness (QED) is 0.879. The zero-order valence-corrected chi connectivity index (χ0v) is 10.5. The van der Waals surface area contributed by atoms with Gasteiger partial charge in [0.05, 0.1) is 5.69 Å². The molecule has 0 bridgehead atoms. The van der Waals surface area contributed by atoms with Crippen LogP contribution in [-0.2, 0) is 11.8 Å². The topological polar surface area (TPSA) is 84.2 Å². The summed E-state index contributed by atoms with van der Waals surface area (Å²) < 4.78 is 1.32. The second-order valence-electron chi connectivity index (χ2n) is 4.10. The predicted octanol–water partition coefficient (Wildman–Crippen LogP) is 1.74. The highest BCUT2D eigenvalue weighted by Crippen LogP contribution is 2.21. The van der Waals surface area contributed by atoms with E-state index in [-0.39, 0.29) is 11.6 Å². The second-order valence-corrected chi connectivity index (χ2v) is 4.10. The normalized spacial score (nSPS) is 10.2. The number of benzene rings is 1. The summed E-state index contributed by atoms with van der Waals surface area (Å²) in [7, 11) is 1.58. The van der Waals surface area contributed by atoms with Crippen molar-refractivity contribution in [2.75, 3.05) is 5.32 Å². The lowest BCUT2D eigenvalue weighted by molar-refractivity contribution is -0.114. The first-order valence-electron chi connectivity index (χ1n) is 5.62. The van der Waals surface area contributed by atoms with Gasteiger partial charge in [0, 0.05) is 25.2 Å². The lowest BCUT2D eigenvalue weighted by Gasteiger charge is -2.02. The van der Waals surface area contributed by atoms with Gasteiger partial charge in [-0.15, -0.1) is 0 Å². The van der Waals surface area contributed by atoms with Crippen molar-refractivity contribution in [1.82, 2.24) is 9.78 Å². The van der Waals surface area contributed by atoms with Crippen molar-refractivity contribution in [2.24, 2.45) is 7.05 Å². The Bertz CT molecular complexity index is 629. The number of anilines is 1. The SMILES string of the molecule is CC(=O)Nc1ccc(-c2cc(C(=O)O)n(C)n2)cc1. The van der Waals surface area contributed by atoms with Gasteiger partial charge in [0.1, 0.15) is 5.69 Å². The number of aromatic nitrogens is 2. The Balaban J connectivity index is 2.29. The Morgan fingerprint density at radius 3 is 2.37 bits per heavy atom. The minimum absolute atomic E-state index is 0.126. The van der Waals surface area contributed by atoms with Crippen molar-refractivity contribution in [3.05, 3.63) is 36.0 Å². The molecule has 6 nitrogen and oxygen atoms in total. The van der Waals surface area contributed by atoms with Gasteiger partial charge >= 0.3 is 5.97 Å². The highest BCUT2D eigenvalue weighted by atomic mass is 16.4. The predicted molar refractivity (Wildman–Crippen MR) is 69.9 cm³/mol. The number of carbonyl (C=O) groups excluding carboxylic acids is 1. The van der Waals surface area contributed by atoms with Gasteiger partial charge in [-0.1, -0.05) is 12.1 Å². The number of aromatic carboxylic acids is 1. The lowest BCUT2D eigenvalue weighted by atomic mass is 10.1. The Hall–Kier alpha value is -2.63. The lowest BCUT2D eigenvalue weighted by Crippen LogP contribution is -2.05. The molecule has 0 spiro atoms. The van der Waals surface area contributed by atoms with Crippen LogP contribution in [0.2, 0.25) is 0 Å². The highest BCUT2D eigenvalue weighted by Gasteiger charge is 2.12. The second kappa shape index (κ2) is 4.93. The molecule has 98 valence electrons. The van der Waals surface area contributed by atoms with Crippen LogP contribution in [0.4, 0.5) is 5.69 Å². The molecule has 0 unspecified atom stereocenters. The molecular formula is C13H13N3O3. The third-order valence-electron chi connectivity index (χ3n) is 2.60. The first-order valence-corrected chi connectivity index (χ1v) is 5.62. The summed E-state index contributed by atoms with van der Waals surface area (Å²) in [5.74, 6) is -1.16. The number of aryl methyl sites for hydroxylation is 1. The van der Waals surface area contributed by atoms with Gasteiger partial charge in [-0.3, -0.25) is 9.48 Å². The van der Waals surface area contributed by atoms with Crippen LogP contribution in [0.1, 0.15) is 17.4 Å². The van der Waals surface area contributed by atoms with E-state index in [1.54, 1.807) is 31.3 Å². The maximum absolute atomic E-state index is 10.9. The highest BCUT2D eigenvalue weighted by molar-refractivity contribution is 5.89. The third-order valence-corrected chi connectivity index (χ3v) is 2.60. The fourth-order valence-corrected chi connectivity index (χ4v) is 1.74. The van der Waals surface area contributed by atoms with E-state index in [1.807, 2.05) is 0 Å². The van der Waals surface area contributed by atoms with Crippen LogP contribution < -0.4 is 5.32 Å². The van der Waals surface area contributed by atoms with Crippen molar-refractivity contribution >= 4 is 17.6 Å². The molecule has 0 saturated carbocycles.